The van der Waals surface area contributed by atoms with Crippen molar-refractivity contribution in [2.45, 2.75) is 19.9 Å². The van der Waals surface area contributed by atoms with Crippen molar-refractivity contribution in [3.8, 4) is 0 Å². The van der Waals surface area contributed by atoms with Crippen LogP contribution in [0.1, 0.15) is 25.5 Å². The Bertz CT molecular complexity index is 432. The second-order valence-corrected chi connectivity index (χ2v) is 4.86. The lowest BCUT2D eigenvalue weighted by Gasteiger charge is -2.22. The second-order valence-electron chi connectivity index (χ2n) is 4.45. The first-order valence-electron chi connectivity index (χ1n) is 6.70. The Morgan fingerprint density at radius 1 is 1.45 bits per heavy atom. The molecule has 0 aromatic heterocycles. The minimum Gasteiger partial charge on any atom is -0.368 e. The van der Waals surface area contributed by atoms with E-state index < -0.39 is 17.8 Å². The quantitative estimate of drug-likeness (QED) is 0.771. The van der Waals surface area contributed by atoms with Crippen molar-refractivity contribution in [2.75, 3.05) is 26.2 Å². The molecule has 0 heterocycles. The summed E-state index contributed by atoms with van der Waals surface area (Å²) >= 11 is 5.97. The smallest absolute Gasteiger partial charge is 0.239 e. The summed E-state index contributed by atoms with van der Waals surface area (Å²) in [5.41, 5.74) is 5.46. The molecule has 1 aromatic carbocycles. The normalized spacial score (nSPS) is 12.7. The average Bonchev–Trinajstić information content (AvgIpc) is 2.41. The largest absolute Gasteiger partial charge is 0.368 e. The van der Waals surface area contributed by atoms with Crippen molar-refractivity contribution in [3.05, 3.63) is 34.6 Å². The third-order valence-corrected chi connectivity index (χ3v) is 3.57. The molecule has 0 spiro atoms. The molecule has 112 valence electrons. The molecule has 0 bridgehead atoms. The second kappa shape index (κ2) is 8.19. The molecule has 1 unspecified atom stereocenters. The Labute approximate surface area is 124 Å². The Morgan fingerprint density at radius 3 is 2.60 bits per heavy atom. The van der Waals surface area contributed by atoms with Gasteiger partial charge in [-0.25, -0.2) is 4.39 Å². The van der Waals surface area contributed by atoms with Crippen molar-refractivity contribution in [2.24, 2.45) is 5.73 Å². The number of benzene rings is 1. The third kappa shape index (κ3) is 4.44. The number of likely N-dealkylation sites (N-methyl/N-ethyl adjacent to an activating group) is 1. The van der Waals surface area contributed by atoms with Gasteiger partial charge in [-0.3, -0.25) is 4.79 Å². The highest BCUT2D eigenvalue weighted by atomic mass is 35.5. The Hall–Kier alpha value is -1.17. The number of amides is 1. The lowest BCUT2D eigenvalue weighted by atomic mass is 10.1. The van der Waals surface area contributed by atoms with Gasteiger partial charge in [0.2, 0.25) is 5.91 Å². The predicted molar refractivity (Wildman–Crippen MR) is 79.1 cm³/mol. The number of nitrogens with one attached hydrogen (secondary N) is 1. The summed E-state index contributed by atoms with van der Waals surface area (Å²) in [6.07, 6.45) is 0. The van der Waals surface area contributed by atoms with Crippen LogP contribution in [0.15, 0.2) is 18.2 Å². The van der Waals surface area contributed by atoms with E-state index in [-0.39, 0.29) is 10.6 Å². The topological polar surface area (TPSA) is 58.4 Å². The Balaban J connectivity index is 2.78. The monoisotopic (exact) mass is 301 g/mol. The van der Waals surface area contributed by atoms with E-state index >= 15 is 0 Å². The molecule has 20 heavy (non-hydrogen) atoms. The molecule has 0 aliphatic carbocycles. The van der Waals surface area contributed by atoms with Crippen LogP contribution in [0.25, 0.3) is 0 Å². The van der Waals surface area contributed by atoms with E-state index in [0.29, 0.717) is 6.54 Å². The highest BCUT2D eigenvalue weighted by Gasteiger charge is 2.23. The summed E-state index contributed by atoms with van der Waals surface area (Å²) in [5.74, 6) is -1.17. The van der Waals surface area contributed by atoms with Crippen molar-refractivity contribution in [1.82, 2.24) is 10.2 Å². The lowest BCUT2D eigenvalue weighted by Crippen LogP contribution is -2.39. The highest BCUT2D eigenvalue weighted by Crippen LogP contribution is 2.25. The van der Waals surface area contributed by atoms with Gasteiger partial charge in [0.05, 0.1) is 0 Å². The molecule has 0 saturated carbocycles. The third-order valence-electron chi connectivity index (χ3n) is 3.24. The molecule has 4 nitrogen and oxygen atoms in total. The number of rotatable bonds is 8. The standard InChI is InChI=1S/C14H21ClFN3O/c1-3-19(4-2)9-8-18-13(14(17)20)12-10(15)6-5-7-11(12)16/h5-7,13,18H,3-4,8-9H2,1-2H3,(H2,17,20). The van der Waals surface area contributed by atoms with Crippen LogP contribution in [-0.2, 0) is 4.79 Å². The summed E-state index contributed by atoms with van der Waals surface area (Å²) < 4.78 is 13.8. The number of primary amides is 1. The zero-order chi connectivity index (χ0) is 15.1. The van der Waals surface area contributed by atoms with Gasteiger partial charge in [-0.2, -0.15) is 0 Å². The van der Waals surface area contributed by atoms with Gasteiger partial charge in [-0.15, -0.1) is 0 Å². The molecule has 0 fully saturated rings. The van der Waals surface area contributed by atoms with Gasteiger partial charge in [-0.05, 0) is 25.2 Å². The molecule has 0 aliphatic rings. The average molecular weight is 302 g/mol. The van der Waals surface area contributed by atoms with Crippen LogP contribution >= 0.6 is 11.6 Å². The molecular formula is C14H21ClFN3O. The van der Waals surface area contributed by atoms with Crippen LogP contribution < -0.4 is 11.1 Å². The molecule has 1 rings (SSSR count). The molecule has 6 heteroatoms. The van der Waals surface area contributed by atoms with E-state index in [1.807, 2.05) is 0 Å². The molecule has 1 aromatic rings. The lowest BCUT2D eigenvalue weighted by molar-refractivity contribution is -0.120. The maximum absolute atomic E-state index is 13.8. The fourth-order valence-electron chi connectivity index (χ4n) is 2.04. The molecule has 1 atom stereocenters. The number of hydrogen-bond acceptors (Lipinski definition) is 3. The number of carbonyl (C=O) groups is 1. The first kappa shape index (κ1) is 16.9. The van der Waals surface area contributed by atoms with Crippen LogP contribution in [0.3, 0.4) is 0 Å². The molecule has 0 aliphatic heterocycles. The van der Waals surface area contributed by atoms with Gasteiger partial charge in [0, 0.05) is 23.7 Å². The van der Waals surface area contributed by atoms with E-state index in [1.54, 1.807) is 6.07 Å². The molecule has 3 N–H and O–H groups in total. The number of hydrogen-bond donors (Lipinski definition) is 2. The van der Waals surface area contributed by atoms with Crippen LogP contribution in [0.2, 0.25) is 5.02 Å². The summed E-state index contributed by atoms with van der Waals surface area (Å²) in [5, 5.41) is 3.17. The van der Waals surface area contributed by atoms with E-state index in [4.69, 9.17) is 17.3 Å². The SMILES string of the molecule is CCN(CC)CCNC(C(N)=O)c1c(F)cccc1Cl. The highest BCUT2D eigenvalue weighted by molar-refractivity contribution is 6.31. The zero-order valence-corrected chi connectivity index (χ0v) is 12.6. The predicted octanol–water partition coefficient (Wildman–Crippen LogP) is 1.94. The first-order valence-corrected chi connectivity index (χ1v) is 7.08. The summed E-state index contributed by atoms with van der Waals surface area (Å²) in [6, 6.07) is 3.39. The fraction of sp³-hybridized carbons (Fsp3) is 0.500. The van der Waals surface area contributed by atoms with Gasteiger partial charge in [0.25, 0.3) is 0 Å². The van der Waals surface area contributed by atoms with E-state index in [9.17, 15) is 9.18 Å². The molecular weight excluding hydrogens is 281 g/mol. The fourth-order valence-corrected chi connectivity index (χ4v) is 2.31. The van der Waals surface area contributed by atoms with Crippen LogP contribution in [0, 0.1) is 5.82 Å². The van der Waals surface area contributed by atoms with Crippen molar-refractivity contribution in [1.29, 1.82) is 0 Å². The summed E-state index contributed by atoms with van der Waals surface area (Å²) in [4.78, 5) is 13.7. The zero-order valence-electron chi connectivity index (χ0n) is 11.8. The number of carbonyl (C=O) groups excluding carboxylic acids is 1. The maximum atomic E-state index is 13.8. The molecule has 0 radical (unpaired) electrons. The Kier molecular flexibility index (Phi) is 6.91. The van der Waals surface area contributed by atoms with Crippen molar-refractivity contribution in [3.63, 3.8) is 0 Å². The minimum atomic E-state index is -0.917. The van der Waals surface area contributed by atoms with Gasteiger partial charge in [0.15, 0.2) is 0 Å². The molecule has 1 amide bonds. The Morgan fingerprint density at radius 2 is 2.10 bits per heavy atom. The minimum absolute atomic E-state index is 0.112. The summed E-state index contributed by atoms with van der Waals surface area (Å²) in [7, 11) is 0. The number of nitrogens with two attached hydrogens (primary N) is 1. The van der Waals surface area contributed by atoms with Crippen LogP contribution in [-0.4, -0.2) is 37.0 Å². The van der Waals surface area contributed by atoms with E-state index in [1.165, 1.54) is 12.1 Å². The number of nitrogens with zero attached hydrogens (tertiary/aromatic N) is 1. The van der Waals surface area contributed by atoms with Crippen molar-refractivity contribution < 1.29 is 9.18 Å². The van der Waals surface area contributed by atoms with Crippen LogP contribution in [0.4, 0.5) is 4.39 Å². The summed E-state index contributed by atoms with van der Waals surface area (Å²) in [6.45, 7) is 7.23. The van der Waals surface area contributed by atoms with E-state index in [0.717, 1.165) is 19.6 Å². The van der Waals surface area contributed by atoms with Gasteiger partial charge in [-0.1, -0.05) is 31.5 Å². The van der Waals surface area contributed by atoms with Crippen LogP contribution in [0.5, 0.6) is 0 Å². The van der Waals surface area contributed by atoms with Gasteiger partial charge >= 0.3 is 0 Å². The van der Waals surface area contributed by atoms with E-state index in [2.05, 4.69) is 24.1 Å². The maximum Gasteiger partial charge on any atom is 0.239 e. The van der Waals surface area contributed by atoms with Gasteiger partial charge in [0.1, 0.15) is 11.9 Å². The van der Waals surface area contributed by atoms with Gasteiger partial charge < -0.3 is 16.0 Å². The first-order chi connectivity index (χ1) is 9.51. The molecule has 0 saturated heterocycles. The van der Waals surface area contributed by atoms with Crippen molar-refractivity contribution >= 4 is 17.5 Å². The number of halogens is 2.